The third kappa shape index (κ3) is 7450. The summed E-state index contributed by atoms with van der Waals surface area (Å²) in [7, 11) is 0. The summed E-state index contributed by atoms with van der Waals surface area (Å²) in [5.74, 6) is 0. The van der Waals surface area contributed by atoms with Crippen molar-refractivity contribution in [3.8, 4) is 0 Å². The van der Waals surface area contributed by atoms with Crippen molar-refractivity contribution in [3.63, 3.8) is 0 Å². The van der Waals surface area contributed by atoms with E-state index in [-0.39, 0.29) is 92.3 Å². The minimum Gasteiger partial charge on any atom is -0.269 e. The molecule has 0 rings (SSSR count). The molecule has 0 aliphatic carbocycles. The lowest BCUT2D eigenvalue weighted by atomic mass is 12.0. The molecule has 0 unspecified atom stereocenters. The predicted octanol–water partition coefficient (Wildman–Crippen LogP) is 6.16. The van der Waals surface area contributed by atoms with Crippen molar-refractivity contribution in [3.05, 3.63) is 0 Å². The van der Waals surface area contributed by atoms with Crippen molar-refractivity contribution in [1.29, 1.82) is 0 Å². The summed E-state index contributed by atoms with van der Waals surface area (Å²) in [6.07, 6.45) is 0. The fourth-order valence-corrected chi connectivity index (χ4v) is 0. The van der Waals surface area contributed by atoms with Crippen LogP contribution in [-0.2, 0) is 0 Å². The number of hydrogen-bond donors (Lipinski definition) is 0. The molecule has 0 radical (unpaired) electrons. The van der Waals surface area contributed by atoms with Crippen LogP contribution in [0.5, 0.6) is 0 Å². The molecule has 0 aromatic rings. The second-order valence-electron chi connectivity index (χ2n) is 0. The van der Waals surface area contributed by atoms with Crippen LogP contribution in [0, 0.1) is 0 Å². The number of rotatable bonds is 0. The molecule has 15 heavy (non-hydrogen) atoms. The van der Waals surface area contributed by atoms with Gasteiger partial charge in [0.15, 0.2) is 0 Å². The first-order chi connectivity index (χ1) is 0. The summed E-state index contributed by atoms with van der Waals surface area (Å²) in [5, 5.41) is 0. The molecule has 0 nitrogen and oxygen atoms in total. The van der Waals surface area contributed by atoms with Gasteiger partial charge < -0.3 is 0 Å². The van der Waals surface area contributed by atoms with E-state index in [4.69, 9.17) is 0 Å². The molecule has 0 N–H and O–H groups in total. The van der Waals surface area contributed by atoms with Gasteiger partial charge >= 0.3 is 0 Å². The lowest BCUT2D eigenvalue weighted by Gasteiger charge is -0.270. The Morgan fingerprint density at radius 3 is 0.133 bits per heavy atom. The quantitative estimate of drug-likeness (QED) is 0.462. The van der Waals surface area contributed by atoms with Gasteiger partial charge in [0.05, 0.1) is 0 Å². The fourth-order valence-electron chi connectivity index (χ4n) is 0. The van der Waals surface area contributed by atoms with Gasteiger partial charge in [-0.2, -0.15) is 0 Å². The lowest BCUT2D eigenvalue weighted by Crippen LogP contribution is 0.143. The zero-order valence-corrected chi connectivity index (χ0v) is 2.86. The molecule has 0 spiro atoms. The Labute approximate surface area is 93.4 Å². The van der Waals surface area contributed by atoms with Crippen molar-refractivity contribution in [1.82, 2.24) is 0 Å². The Balaban J connectivity index is 0. The molecule has 0 aromatic carbocycles. The first-order valence-corrected chi connectivity index (χ1v) is 0. The van der Waals surface area contributed by atoms with E-state index in [2.05, 4.69) is 0 Å². The lowest BCUT2D eigenvalue weighted by molar-refractivity contribution is 1.11. The van der Waals surface area contributed by atoms with E-state index >= 15 is 0 Å². The molecule has 7 heteroatoms. The Bertz CT molecular complexity index is 15.0. The zero-order chi connectivity index (χ0) is 0. The van der Waals surface area contributed by atoms with E-state index < -0.39 is 0 Å². The second-order valence-corrected chi connectivity index (χ2v) is 0. The highest BCUT2D eigenvalue weighted by Crippen LogP contribution is 0.426. The van der Waals surface area contributed by atoms with Gasteiger partial charge in [-0.3, -0.25) is 32.9 Å². The minimum atomic E-state index is 0. The summed E-state index contributed by atoms with van der Waals surface area (Å²) in [6, 6.07) is 0. The molecular formula is C8H39F7. The number of halogens is 7. The molecule has 0 saturated heterocycles. The van der Waals surface area contributed by atoms with Gasteiger partial charge in [-0.1, -0.05) is 59.4 Å². The van der Waals surface area contributed by atoms with Crippen LogP contribution in [0.3, 0.4) is 0 Å². The van der Waals surface area contributed by atoms with Crippen LogP contribution in [0.1, 0.15) is 59.4 Å². The van der Waals surface area contributed by atoms with Crippen LogP contribution in [0.4, 0.5) is 32.9 Å². The SMILES string of the molecule is C.C.C.C.C.C.C.C.F.F.F.F.F.F.F. The van der Waals surface area contributed by atoms with E-state index in [1.54, 1.807) is 0 Å². The van der Waals surface area contributed by atoms with Crippen LogP contribution in [0.15, 0.2) is 0 Å². The topological polar surface area (TPSA) is 0 Å². The van der Waals surface area contributed by atoms with E-state index in [1.165, 1.54) is 0 Å². The van der Waals surface area contributed by atoms with Crippen molar-refractivity contribution < 1.29 is 32.9 Å². The highest BCUT2D eigenvalue weighted by atomic mass is 19.0. The average Bonchev–Trinajstić information content (AvgIpc) is 0. The monoisotopic (exact) mass is 268 g/mol. The normalized spacial score (nSPS) is 0. The highest BCUT2D eigenvalue weighted by molar-refractivity contribution is 2.51. The van der Waals surface area contributed by atoms with Gasteiger partial charge in [-0.25, -0.2) is 0 Å². The summed E-state index contributed by atoms with van der Waals surface area (Å²) in [4.78, 5) is 0. The van der Waals surface area contributed by atoms with Crippen LogP contribution in [0.25, 0.3) is 0 Å². The van der Waals surface area contributed by atoms with Crippen LogP contribution >= 0.6 is 0 Å². The maximum atomic E-state index is 0. The molecular weight excluding hydrogens is 229 g/mol. The van der Waals surface area contributed by atoms with E-state index in [9.17, 15) is 0 Å². The second kappa shape index (κ2) is 8810. The fraction of sp³-hybridized carbons (Fsp3) is 1.00. The summed E-state index contributed by atoms with van der Waals surface area (Å²) >= 11 is 0. The Kier molecular flexibility index (Phi) is 6480000. The van der Waals surface area contributed by atoms with Gasteiger partial charge in [-0.05, 0) is 0 Å². The summed E-state index contributed by atoms with van der Waals surface area (Å²) < 4.78 is 0. The van der Waals surface area contributed by atoms with Crippen molar-refractivity contribution >= 4 is 0 Å². The summed E-state index contributed by atoms with van der Waals surface area (Å²) in [5.41, 5.74) is 0. The zero-order valence-electron chi connectivity index (χ0n) is 2.86. The van der Waals surface area contributed by atoms with E-state index in [1.807, 2.05) is 0 Å². The molecule has 0 aliphatic rings. The van der Waals surface area contributed by atoms with Gasteiger partial charge in [0.25, 0.3) is 0 Å². The Morgan fingerprint density at radius 2 is 0.133 bits per heavy atom. The third-order valence-electron chi connectivity index (χ3n) is 0. The largest absolute Gasteiger partial charge is 0.269 e. The van der Waals surface area contributed by atoms with Crippen LogP contribution in [-0.4, -0.2) is 0 Å². The molecule has 0 bridgehead atoms. The minimum absolute atomic E-state index is 0. The Hall–Kier alpha value is -0.490. The van der Waals surface area contributed by atoms with Gasteiger partial charge in [0.1, 0.15) is 0 Å². The number of hydrogen-bond acceptors (Lipinski definition) is 0. The average molecular weight is 268 g/mol. The molecule has 0 atom stereocenters. The van der Waals surface area contributed by atoms with Crippen LogP contribution in [0.2, 0.25) is 0 Å². The molecule has 0 heterocycles. The van der Waals surface area contributed by atoms with Gasteiger partial charge in [0, 0.05) is 0 Å². The molecule has 0 saturated carbocycles. The maximum absolute atomic E-state index is 0. The van der Waals surface area contributed by atoms with Crippen molar-refractivity contribution in [2.45, 2.75) is 59.4 Å². The van der Waals surface area contributed by atoms with E-state index in [0.29, 0.717) is 0 Å². The highest BCUT2D eigenvalue weighted by Gasteiger charge is -0.0703. The third-order valence-corrected chi connectivity index (χ3v) is 0. The molecule has 0 aliphatic heterocycles. The van der Waals surface area contributed by atoms with Gasteiger partial charge in [-0.15, -0.1) is 0 Å². The molecule has 0 aromatic heterocycles. The van der Waals surface area contributed by atoms with Gasteiger partial charge in [0.2, 0.25) is 0 Å². The Morgan fingerprint density at radius 1 is 0.133 bits per heavy atom. The smallest absolute Gasteiger partial charge is 0.0776 e. The van der Waals surface area contributed by atoms with Crippen LogP contribution < -0.4 is 0 Å². The first-order valence-electron chi connectivity index (χ1n) is 0. The van der Waals surface area contributed by atoms with E-state index in [0.717, 1.165) is 0 Å². The summed E-state index contributed by atoms with van der Waals surface area (Å²) in [6.45, 7) is 0. The molecule has 0 amide bonds. The standard InChI is InChI=1S/8CH4.7FH/h8*1H4;7*1H. The first kappa shape index (κ1) is 11000. The van der Waals surface area contributed by atoms with Crippen molar-refractivity contribution in [2.75, 3.05) is 0 Å². The maximum Gasteiger partial charge on any atom is -0.0776 e. The molecule has 120 valence electrons. The molecule has 0 fully saturated rings. The van der Waals surface area contributed by atoms with Crippen molar-refractivity contribution in [2.24, 2.45) is 0 Å². The predicted molar refractivity (Wildman–Crippen MR) is 71.4 cm³/mol.